The number of carboxylic acid groups (broad SMARTS) is 1. The summed E-state index contributed by atoms with van der Waals surface area (Å²) in [6, 6.07) is 0.723. The van der Waals surface area contributed by atoms with Gasteiger partial charge in [-0.2, -0.15) is 0 Å². The molecule has 0 spiro atoms. The molecule has 1 aliphatic carbocycles. The van der Waals surface area contributed by atoms with E-state index in [1.165, 1.54) is 18.3 Å². The molecule has 1 aliphatic rings. The highest BCUT2D eigenvalue weighted by Crippen LogP contribution is 2.35. The summed E-state index contributed by atoms with van der Waals surface area (Å²) in [5.74, 6) is -0.227. The first-order chi connectivity index (χ1) is 9.90. The molecule has 3 N–H and O–H groups in total. The molecule has 0 fully saturated rings. The molecule has 0 bridgehead atoms. The number of nitro groups is 1. The van der Waals surface area contributed by atoms with E-state index in [9.17, 15) is 20.0 Å². The molecule has 0 aliphatic heterocycles. The van der Waals surface area contributed by atoms with Crippen molar-refractivity contribution in [3.63, 3.8) is 0 Å². The van der Waals surface area contributed by atoms with Gasteiger partial charge in [0.15, 0.2) is 0 Å². The molecule has 0 radical (unpaired) electrons. The van der Waals surface area contributed by atoms with E-state index in [1.807, 2.05) is 0 Å². The molecule has 8 heteroatoms. The van der Waals surface area contributed by atoms with Gasteiger partial charge in [-0.15, -0.1) is 0 Å². The van der Waals surface area contributed by atoms with Crippen LogP contribution in [0.3, 0.4) is 0 Å². The number of rotatable bonds is 3. The summed E-state index contributed by atoms with van der Waals surface area (Å²) in [5.41, 5.74) is 0.882. The van der Waals surface area contributed by atoms with E-state index in [4.69, 9.17) is 5.11 Å². The summed E-state index contributed by atoms with van der Waals surface area (Å²) in [6.07, 6.45) is 2.42. The van der Waals surface area contributed by atoms with E-state index in [-0.39, 0.29) is 11.6 Å². The number of nitrogens with one attached hydrogen (secondary N) is 1. The maximum absolute atomic E-state index is 11.0. The van der Waals surface area contributed by atoms with Crippen LogP contribution < -0.4 is 5.32 Å². The number of pyridine rings is 1. The van der Waals surface area contributed by atoms with Crippen molar-refractivity contribution in [3.05, 3.63) is 40.2 Å². The van der Waals surface area contributed by atoms with Gasteiger partial charge in [0.05, 0.1) is 22.6 Å². The van der Waals surface area contributed by atoms with Gasteiger partial charge in [0.2, 0.25) is 0 Å². The van der Waals surface area contributed by atoms with Crippen molar-refractivity contribution in [3.8, 4) is 0 Å². The van der Waals surface area contributed by atoms with Crippen LogP contribution in [0.5, 0.6) is 0 Å². The molecule has 3 atom stereocenters. The molecule has 21 heavy (non-hydrogen) atoms. The van der Waals surface area contributed by atoms with Crippen LogP contribution in [0.4, 0.5) is 10.5 Å². The number of aliphatic hydroxyl groups excluding tert-OH is 1. The van der Waals surface area contributed by atoms with Gasteiger partial charge >= 0.3 is 6.09 Å². The predicted octanol–water partition coefficient (Wildman–Crippen LogP) is 1.41. The zero-order chi connectivity index (χ0) is 15.6. The lowest BCUT2D eigenvalue weighted by Crippen LogP contribution is -2.46. The second-order valence-corrected chi connectivity index (χ2v) is 4.99. The minimum absolute atomic E-state index is 0.138. The SMILES string of the molecule is C[C@H]1CC(c2ccncc2[N+](=O)[O-])=C[C@@H](NC(=O)O)[C@@H]1O. The summed E-state index contributed by atoms with van der Waals surface area (Å²) in [6.45, 7) is 1.77. The molecule has 8 nitrogen and oxygen atoms in total. The molecule has 2 rings (SSSR count). The minimum Gasteiger partial charge on any atom is -0.465 e. The number of allylic oxidation sites excluding steroid dienone is 1. The maximum atomic E-state index is 11.0. The van der Waals surface area contributed by atoms with Gasteiger partial charge in [-0.05, 0) is 24.0 Å². The first kappa shape index (κ1) is 14.9. The van der Waals surface area contributed by atoms with Gasteiger partial charge in [-0.1, -0.05) is 13.0 Å². The summed E-state index contributed by atoms with van der Waals surface area (Å²) < 4.78 is 0. The Morgan fingerprint density at radius 3 is 2.90 bits per heavy atom. The van der Waals surface area contributed by atoms with Crippen molar-refractivity contribution in [2.75, 3.05) is 0 Å². The summed E-state index contributed by atoms with van der Waals surface area (Å²) in [7, 11) is 0. The van der Waals surface area contributed by atoms with Crippen LogP contribution in [0.25, 0.3) is 5.57 Å². The van der Waals surface area contributed by atoms with E-state index >= 15 is 0 Å². The lowest BCUT2D eigenvalue weighted by atomic mass is 9.82. The van der Waals surface area contributed by atoms with Crippen LogP contribution >= 0.6 is 0 Å². The zero-order valence-corrected chi connectivity index (χ0v) is 11.3. The van der Waals surface area contributed by atoms with Crippen LogP contribution in [0.2, 0.25) is 0 Å². The number of amides is 1. The van der Waals surface area contributed by atoms with Crippen LogP contribution in [0.15, 0.2) is 24.5 Å². The van der Waals surface area contributed by atoms with Gasteiger partial charge in [0, 0.05) is 6.20 Å². The van der Waals surface area contributed by atoms with E-state index < -0.39 is 23.2 Å². The Bertz CT molecular complexity index is 601. The van der Waals surface area contributed by atoms with Crippen LogP contribution in [-0.4, -0.2) is 38.4 Å². The zero-order valence-electron chi connectivity index (χ0n) is 11.3. The second-order valence-electron chi connectivity index (χ2n) is 4.99. The van der Waals surface area contributed by atoms with Crippen molar-refractivity contribution in [1.29, 1.82) is 0 Å². The molecule has 1 aromatic heterocycles. The van der Waals surface area contributed by atoms with E-state index in [0.717, 1.165) is 6.20 Å². The fraction of sp³-hybridized carbons (Fsp3) is 0.385. The molecule has 1 amide bonds. The Morgan fingerprint density at radius 1 is 1.57 bits per heavy atom. The lowest BCUT2D eigenvalue weighted by Gasteiger charge is -2.31. The number of hydrogen-bond acceptors (Lipinski definition) is 5. The third-order valence-corrected chi connectivity index (χ3v) is 3.51. The van der Waals surface area contributed by atoms with Gasteiger partial charge < -0.3 is 15.5 Å². The fourth-order valence-electron chi connectivity index (χ4n) is 2.48. The standard InChI is InChI=1S/C13H15N3O5/c1-7-4-8(5-10(12(7)17)15-13(18)19)9-2-3-14-6-11(9)16(20)21/h2-3,5-7,10,12,15,17H,4H2,1H3,(H,18,19)/t7-,10+,12+/m0/s1. The van der Waals surface area contributed by atoms with Crippen LogP contribution in [-0.2, 0) is 0 Å². The number of nitrogens with zero attached hydrogens (tertiary/aromatic N) is 2. The van der Waals surface area contributed by atoms with E-state index in [1.54, 1.807) is 6.92 Å². The third-order valence-electron chi connectivity index (χ3n) is 3.51. The highest BCUT2D eigenvalue weighted by molar-refractivity contribution is 5.75. The minimum atomic E-state index is -1.26. The lowest BCUT2D eigenvalue weighted by molar-refractivity contribution is -0.385. The number of aromatic nitrogens is 1. The fourth-order valence-corrected chi connectivity index (χ4v) is 2.48. The average molecular weight is 293 g/mol. The Balaban J connectivity index is 2.43. The van der Waals surface area contributed by atoms with E-state index in [2.05, 4.69) is 10.3 Å². The molecular weight excluding hydrogens is 278 g/mol. The number of carbonyl (C=O) groups is 1. The van der Waals surface area contributed by atoms with Crippen molar-refractivity contribution in [2.24, 2.45) is 5.92 Å². The maximum Gasteiger partial charge on any atom is 0.405 e. The second kappa shape index (κ2) is 5.88. The first-order valence-corrected chi connectivity index (χ1v) is 6.37. The monoisotopic (exact) mass is 293 g/mol. The van der Waals surface area contributed by atoms with Crippen molar-refractivity contribution >= 4 is 17.4 Å². The van der Waals surface area contributed by atoms with Gasteiger partial charge in [-0.25, -0.2) is 4.79 Å². The highest BCUT2D eigenvalue weighted by Gasteiger charge is 2.32. The molecule has 1 aromatic rings. The smallest absolute Gasteiger partial charge is 0.405 e. The third kappa shape index (κ3) is 3.16. The van der Waals surface area contributed by atoms with Gasteiger partial charge in [0.1, 0.15) is 6.20 Å². The summed E-state index contributed by atoms with van der Waals surface area (Å²) >= 11 is 0. The quantitative estimate of drug-likeness (QED) is 0.571. The molecule has 112 valence electrons. The topological polar surface area (TPSA) is 126 Å². The normalized spacial score (nSPS) is 25.0. The molecular formula is C13H15N3O5. The van der Waals surface area contributed by atoms with Crippen LogP contribution in [0, 0.1) is 16.0 Å². The Kier molecular flexibility index (Phi) is 4.18. The van der Waals surface area contributed by atoms with Gasteiger partial charge in [-0.3, -0.25) is 15.1 Å². The van der Waals surface area contributed by atoms with Crippen LogP contribution in [0.1, 0.15) is 18.9 Å². The van der Waals surface area contributed by atoms with Crippen molar-refractivity contribution in [1.82, 2.24) is 10.3 Å². The number of aliphatic hydroxyl groups is 1. The average Bonchev–Trinajstić information content (AvgIpc) is 2.43. The Labute approximate surface area is 120 Å². The van der Waals surface area contributed by atoms with Crippen molar-refractivity contribution in [2.45, 2.75) is 25.5 Å². The summed E-state index contributed by atoms with van der Waals surface area (Å²) in [4.78, 5) is 25.0. The molecule has 0 unspecified atom stereocenters. The molecule has 1 heterocycles. The first-order valence-electron chi connectivity index (χ1n) is 6.37. The van der Waals surface area contributed by atoms with E-state index in [0.29, 0.717) is 17.6 Å². The van der Waals surface area contributed by atoms with Gasteiger partial charge in [0.25, 0.3) is 5.69 Å². The Morgan fingerprint density at radius 2 is 2.29 bits per heavy atom. The molecule has 0 saturated carbocycles. The summed E-state index contributed by atoms with van der Waals surface area (Å²) in [5, 5.41) is 32.1. The predicted molar refractivity (Wildman–Crippen MR) is 73.6 cm³/mol. The molecule has 0 aromatic carbocycles. The number of hydrogen-bond donors (Lipinski definition) is 3. The Hall–Kier alpha value is -2.48. The largest absolute Gasteiger partial charge is 0.465 e. The highest BCUT2D eigenvalue weighted by atomic mass is 16.6. The van der Waals surface area contributed by atoms with Crippen molar-refractivity contribution < 1.29 is 19.9 Å². The molecule has 0 saturated heterocycles.